The second kappa shape index (κ2) is 9.48. The van der Waals surface area contributed by atoms with Gasteiger partial charge in [0.1, 0.15) is 0 Å². The third-order valence-corrected chi connectivity index (χ3v) is 10.9. The van der Waals surface area contributed by atoms with Crippen LogP contribution in [-0.4, -0.2) is 57.0 Å². The number of ether oxygens (including phenoxy) is 1. The molecular weight excluding hydrogens is 591 g/mol. The molecular formula is C30H27Cl3N2O6. The third-order valence-electron chi connectivity index (χ3n) is 9.04. The summed E-state index contributed by atoms with van der Waals surface area (Å²) in [6.07, 6.45) is 2.00. The maximum Gasteiger partial charge on any atom is 0.253 e. The van der Waals surface area contributed by atoms with Crippen molar-refractivity contribution in [2.45, 2.75) is 42.4 Å². The number of fused-ring (bicyclic) bond motifs is 4. The summed E-state index contributed by atoms with van der Waals surface area (Å²) in [4.78, 5) is 53.3. The Morgan fingerprint density at radius 1 is 1.02 bits per heavy atom. The van der Waals surface area contributed by atoms with E-state index in [1.165, 1.54) is 13.1 Å². The number of phenols is 1. The van der Waals surface area contributed by atoms with Crippen LogP contribution in [0.5, 0.6) is 11.5 Å². The number of anilines is 1. The molecule has 4 aliphatic rings. The van der Waals surface area contributed by atoms with Crippen molar-refractivity contribution in [1.29, 1.82) is 0 Å². The number of hydrogen-bond donors (Lipinski definition) is 1. The molecule has 2 aliphatic carbocycles. The zero-order valence-electron chi connectivity index (χ0n) is 22.5. The molecule has 41 heavy (non-hydrogen) atoms. The number of imide groups is 2. The Hall–Kier alpha value is -3.07. The molecule has 214 valence electrons. The number of halogens is 3. The third kappa shape index (κ3) is 3.66. The van der Waals surface area contributed by atoms with E-state index in [1.807, 2.05) is 13.0 Å². The normalized spacial score (nSPS) is 32.6. The summed E-state index contributed by atoms with van der Waals surface area (Å²) >= 11 is 20.7. The number of amides is 4. The summed E-state index contributed by atoms with van der Waals surface area (Å²) < 4.78 is 5.60. The van der Waals surface area contributed by atoms with Gasteiger partial charge in [-0.15, -0.1) is 23.2 Å². The average molecular weight is 618 g/mol. The number of likely N-dealkylation sites (tertiary alicyclic amines) is 1. The van der Waals surface area contributed by atoms with Gasteiger partial charge in [-0.05, 0) is 68.0 Å². The molecule has 1 N–H and O–H groups in total. The van der Waals surface area contributed by atoms with Gasteiger partial charge in [0.25, 0.3) is 11.8 Å². The number of hydrogen-bond acceptors (Lipinski definition) is 6. The van der Waals surface area contributed by atoms with E-state index in [-0.39, 0.29) is 36.9 Å². The van der Waals surface area contributed by atoms with Crippen LogP contribution in [-0.2, 0) is 19.2 Å². The van der Waals surface area contributed by atoms with E-state index >= 15 is 0 Å². The number of alkyl halides is 2. The minimum absolute atomic E-state index is 0.101. The molecule has 2 aliphatic heterocycles. The van der Waals surface area contributed by atoms with E-state index in [2.05, 4.69) is 0 Å². The zero-order chi connectivity index (χ0) is 29.6. The Balaban J connectivity index is 1.51. The Morgan fingerprint density at radius 3 is 2.44 bits per heavy atom. The van der Waals surface area contributed by atoms with Crippen LogP contribution < -0.4 is 9.64 Å². The van der Waals surface area contributed by atoms with Gasteiger partial charge >= 0.3 is 0 Å². The molecule has 1 saturated carbocycles. The highest BCUT2D eigenvalue weighted by Crippen LogP contribution is 2.65. The largest absolute Gasteiger partial charge is 0.504 e. The second-order valence-corrected chi connectivity index (χ2v) is 12.8. The summed E-state index contributed by atoms with van der Waals surface area (Å²) in [5.41, 5.74) is 2.34. The predicted octanol–water partition coefficient (Wildman–Crippen LogP) is 4.95. The van der Waals surface area contributed by atoms with Crippen LogP contribution in [0.4, 0.5) is 5.69 Å². The van der Waals surface area contributed by atoms with Crippen LogP contribution in [0.2, 0.25) is 5.02 Å². The van der Waals surface area contributed by atoms with Crippen molar-refractivity contribution in [3.05, 3.63) is 64.2 Å². The highest BCUT2D eigenvalue weighted by atomic mass is 35.5. The van der Waals surface area contributed by atoms with Crippen molar-refractivity contribution in [1.82, 2.24) is 4.90 Å². The zero-order valence-corrected chi connectivity index (χ0v) is 24.8. The topological polar surface area (TPSA) is 104 Å². The smallest absolute Gasteiger partial charge is 0.253 e. The number of carbonyl (C=O) groups is 4. The summed E-state index contributed by atoms with van der Waals surface area (Å²) in [7, 11) is 1.34. The number of carbonyl (C=O) groups excluding carboxylic acids is 4. The quantitative estimate of drug-likeness (QED) is 0.296. The SMILES string of the molecule is CCOc1cc(C2C3=CCC4C(=O)N(c5ccc(C)c(Cl)c5)C(=O)C4C3CC3(Cl)C(=O)N(C)C(=O)C23Cl)ccc1O. The highest BCUT2D eigenvalue weighted by molar-refractivity contribution is 6.53. The van der Waals surface area contributed by atoms with Gasteiger partial charge in [-0.3, -0.25) is 24.1 Å². The van der Waals surface area contributed by atoms with Crippen LogP contribution in [0.1, 0.15) is 36.8 Å². The first-order chi connectivity index (χ1) is 19.4. The Morgan fingerprint density at radius 2 is 1.76 bits per heavy atom. The monoisotopic (exact) mass is 616 g/mol. The van der Waals surface area contributed by atoms with E-state index in [9.17, 15) is 24.3 Å². The first-order valence-corrected chi connectivity index (χ1v) is 14.5. The van der Waals surface area contributed by atoms with Gasteiger partial charge in [0.2, 0.25) is 11.8 Å². The minimum atomic E-state index is -1.91. The molecule has 0 spiro atoms. The molecule has 2 heterocycles. The molecule has 8 nitrogen and oxygen atoms in total. The van der Waals surface area contributed by atoms with Crippen molar-refractivity contribution in [3.63, 3.8) is 0 Å². The Kier molecular flexibility index (Phi) is 6.49. The fourth-order valence-corrected chi connectivity index (χ4v) is 8.27. The fraction of sp³-hybridized carbons (Fsp3) is 0.400. The Labute approximate surface area is 251 Å². The summed E-state index contributed by atoms with van der Waals surface area (Å²) in [5.74, 6) is -5.09. The van der Waals surface area contributed by atoms with E-state index in [4.69, 9.17) is 39.5 Å². The van der Waals surface area contributed by atoms with Crippen molar-refractivity contribution in [2.75, 3.05) is 18.6 Å². The summed E-state index contributed by atoms with van der Waals surface area (Å²) in [6.45, 7) is 3.87. The van der Waals surface area contributed by atoms with E-state index in [1.54, 1.807) is 37.3 Å². The predicted molar refractivity (Wildman–Crippen MR) is 153 cm³/mol. The van der Waals surface area contributed by atoms with Crippen molar-refractivity contribution in [3.8, 4) is 11.5 Å². The number of nitrogens with zero attached hydrogens (tertiary/aromatic N) is 2. The van der Waals surface area contributed by atoms with Crippen LogP contribution in [0.3, 0.4) is 0 Å². The molecule has 2 aromatic carbocycles. The van der Waals surface area contributed by atoms with E-state index in [0.29, 0.717) is 21.8 Å². The van der Waals surface area contributed by atoms with Gasteiger partial charge in [0, 0.05) is 18.0 Å². The number of aryl methyl sites for hydroxylation is 1. The lowest BCUT2D eigenvalue weighted by atomic mass is 9.56. The molecule has 6 unspecified atom stereocenters. The number of aromatic hydroxyl groups is 1. The van der Waals surface area contributed by atoms with Gasteiger partial charge in [0.05, 0.1) is 24.1 Å². The summed E-state index contributed by atoms with van der Waals surface area (Å²) in [6, 6.07) is 9.64. The highest BCUT2D eigenvalue weighted by Gasteiger charge is 2.75. The van der Waals surface area contributed by atoms with Crippen LogP contribution >= 0.6 is 34.8 Å². The lowest BCUT2D eigenvalue weighted by Crippen LogP contribution is -2.60. The molecule has 4 amide bonds. The fourth-order valence-electron chi connectivity index (χ4n) is 7.07. The molecule has 3 fully saturated rings. The maximum absolute atomic E-state index is 14.1. The molecule has 11 heteroatoms. The first-order valence-electron chi connectivity index (χ1n) is 13.4. The van der Waals surface area contributed by atoms with Gasteiger partial charge in [0.15, 0.2) is 21.2 Å². The lowest BCUT2D eigenvalue weighted by Gasteiger charge is -2.50. The standard InChI is InChI=1S/C30H27Cl3N2O6/c1-4-41-22-11-15(6-10-21(22)36)24-17-8-9-18-23(19(17)13-29(32)27(39)34(3)28(40)30(24,29)33)26(38)35(25(18)37)16-7-5-14(2)20(31)12-16/h5-8,10-12,18-19,23-24,36H,4,9,13H2,1-3H3. The van der Waals surface area contributed by atoms with E-state index < -0.39 is 51.1 Å². The molecule has 6 rings (SSSR count). The number of phenolic OH excluding ortho intramolecular Hbond substituents is 1. The molecule has 6 atom stereocenters. The number of allylic oxidation sites excluding steroid dienone is 2. The van der Waals surface area contributed by atoms with Crippen molar-refractivity contribution in [2.24, 2.45) is 17.8 Å². The van der Waals surface area contributed by atoms with Gasteiger partial charge in [-0.2, -0.15) is 0 Å². The molecule has 0 aromatic heterocycles. The van der Waals surface area contributed by atoms with Crippen LogP contribution in [0.25, 0.3) is 0 Å². The minimum Gasteiger partial charge on any atom is -0.504 e. The number of benzene rings is 2. The second-order valence-electron chi connectivity index (χ2n) is 11.1. The number of rotatable bonds is 4. The average Bonchev–Trinajstić information content (AvgIpc) is 3.26. The van der Waals surface area contributed by atoms with E-state index in [0.717, 1.165) is 15.4 Å². The summed E-state index contributed by atoms with van der Waals surface area (Å²) in [5, 5.41) is 10.8. The van der Waals surface area contributed by atoms with Crippen LogP contribution in [0, 0.1) is 24.7 Å². The molecule has 0 bridgehead atoms. The molecule has 2 aromatic rings. The lowest BCUT2D eigenvalue weighted by molar-refractivity contribution is -0.138. The Bertz CT molecular complexity index is 1580. The van der Waals surface area contributed by atoms with Gasteiger partial charge in [-0.1, -0.05) is 35.4 Å². The van der Waals surface area contributed by atoms with Gasteiger partial charge in [-0.25, -0.2) is 4.90 Å². The molecule has 2 saturated heterocycles. The van der Waals surface area contributed by atoms with Crippen LogP contribution in [0.15, 0.2) is 48.0 Å². The van der Waals surface area contributed by atoms with Crippen molar-refractivity contribution < 1.29 is 29.0 Å². The first kappa shape index (κ1) is 28.1. The van der Waals surface area contributed by atoms with Crippen molar-refractivity contribution >= 4 is 64.1 Å². The van der Waals surface area contributed by atoms with Gasteiger partial charge < -0.3 is 9.84 Å². The maximum atomic E-state index is 14.1. The molecule has 0 radical (unpaired) electrons.